The van der Waals surface area contributed by atoms with Gasteiger partial charge >= 0.3 is 5.97 Å². The topological polar surface area (TPSA) is 79.5 Å². The molecule has 1 heterocycles. The van der Waals surface area contributed by atoms with Gasteiger partial charge in [0.1, 0.15) is 5.76 Å². The largest absolute Gasteiger partial charge is 0.481 e. The molecule has 2 N–H and O–H groups in total. The Balaban J connectivity index is 2.68. The Morgan fingerprint density at radius 1 is 1.44 bits per heavy atom. The lowest BCUT2D eigenvalue weighted by Crippen LogP contribution is -2.32. The van der Waals surface area contributed by atoms with Crippen LogP contribution in [0.3, 0.4) is 0 Å². The molecule has 0 spiro atoms. The van der Waals surface area contributed by atoms with Gasteiger partial charge < -0.3 is 9.52 Å². The highest BCUT2D eigenvalue weighted by Gasteiger charge is 2.30. The van der Waals surface area contributed by atoms with Crippen LogP contribution < -0.4 is 5.32 Å². The van der Waals surface area contributed by atoms with Gasteiger partial charge in [-0.15, -0.1) is 0 Å². The van der Waals surface area contributed by atoms with Crippen LogP contribution in [-0.4, -0.2) is 17.0 Å². The Hall–Kier alpha value is -1.78. The van der Waals surface area contributed by atoms with E-state index in [0.29, 0.717) is 11.6 Å². The first-order valence-electron chi connectivity index (χ1n) is 4.91. The molecule has 0 saturated carbocycles. The Bertz CT molecular complexity index is 406. The maximum Gasteiger partial charge on any atom is 0.304 e. The fourth-order valence-electron chi connectivity index (χ4n) is 1.24. The zero-order chi connectivity index (χ0) is 12.3. The molecule has 0 radical (unpaired) electrons. The average molecular weight is 225 g/mol. The Morgan fingerprint density at radius 2 is 2.06 bits per heavy atom. The van der Waals surface area contributed by atoms with E-state index in [-0.39, 0.29) is 12.3 Å². The van der Waals surface area contributed by atoms with E-state index in [0.717, 1.165) is 0 Å². The van der Waals surface area contributed by atoms with Gasteiger partial charge in [0.2, 0.25) is 5.91 Å². The summed E-state index contributed by atoms with van der Waals surface area (Å²) in [5, 5.41) is 11.2. The third-order valence-corrected chi connectivity index (χ3v) is 2.18. The minimum absolute atomic E-state index is 0.224. The first-order chi connectivity index (χ1) is 7.31. The second-order valence-corrected chi connectivity index (χ2v) is 4.32. The van der Waals surface area contributed by atoms with Gasteiger partial charge in [0.25, 0.3) is 0 Å². The van der Waals surface area contributed by atoms with Crippen LogP contribution >= 0.6 is 0 Å². The summed E-state index contributed by atoms with van der Waals surface area (Å²) in [5.74, 6) is -0.354. The van der Waals surface area contributed by atoms with Gasteiger partial charge in [-0.1, -0.05) is 13.8 Å². The molecule has 5 nitrogen and oxygen atoms in total. The van der Waals surface area contributed by atoms with Crippen LogP contribution in [0.1, 0.15) is 26.0 Å². The number of hydrogen-bond acceptors (Lipinski definition) is 3. The zero-order valence-electron chi connectivity index (χ0n) is 9.53. The van der Waals surface area contributed by atoms with Gasteiger partial charge in [0, 0.05) is 6.07 Å². The standard InChI is InChI=1S/C11H15NO4/c1-7-4-5-8(16-7)12-10(15)11(2,3)6-9(13)14/h4-5H,6H2,1-3H3,(H,12,15)(H,13,14). The number of hydrogen-bond donors (Lipinski definition) is 2. The van der Waals surface area contributed by atoms with Crippen LogP contribution in [0.15, 0.2) is 16.5 Å². The number of aliphatic carboxylic acids is 1. The molecule has 1 amide bonds. The first-order valence-corrected chi connectivity index (χ1v) is 4.91. The van der Waals surface area contributed by atoms with Crippen LogP contribution in [0.5, 0.6) is 0 Å². The molecule has 5 heteroatoms. The molecule has 1 aromatic rings. The van der Waals surface area contributed by atoms with Crippen molar-refractivity contribution in [2.45, 2.75) is 27.2 Å². The maximum absolute atomic E-state index is 11.7. The SMILES string of the molecule is Cc1ccc(NC(=O)C(C)(C)CC(=O)O)o1. The van der Waals surface area contributed by atoms with Crippen molar-refractivity contribution < 1.29 is 19.1 Å². The molecule has 16 heavy (non-hydrogen) atoms. The molecule has 0 aliphatic heterocycles. The highest BCUT2D eigenvalue weighted by molar-refractivity contribution is 5.95. The highest BCUT2D eigenvalue weighted by atomic mass is 16.4. The van der Waals surface area contributed by atoms with Crippen LogP contribution in [0.4, 0.5) is 5.88 Å². The maximum atomic E-state index is 11.7. The molecular weight excluding hydrogens is 210 g/mol. The van der Waals surface area contributed by atoms with Crippen LogP contribution in [0.25, 0.3) is 0 Å². The number of nitrogens with one attached hydrogen (secondary N) is 1. The van der Waals surface area contributed by atoms with E-state index in [1.807, 2.05) is 0 Å². The van der Waals surface area contributed by atoms with Crippen molar-refractivity contribution in [3.63, 3.8) is 0 Å². The molecule has 0 aromatic carbocycles. The number of carbonyl (C=O) groups excluding carboxylic acids is 1. The van der Waals surface area contributed by atoms with E-state index in [1.54, 1.807) is 32.9 Å². The summed E-state index contributed by atoms with van der Waals surface area (Å²) in [7, 11) is 0. The molecule has 88 valence electrons. The second-order valence-electron chi connectivity index (χ2n) is 4.32. The fraction of sp³-hybridized carbons (Fsp3) is 0.455. The number of amides is 1. The number of furan rings is 1. The Kier molecular flexibility index (Phi) is 3.37. The Labute approximate surface area is 93.4 Å². The summed E-state index contributed by atoms with van der Waals surface area (Å²) < 4.78 is 5.17. The minimum atomic E-state index is -1.00. The van der Waals surface area contributed by atoms with E-state index in [9.17, 15) is 9.59 Å². The summed E-state index contributed by atoms with van der Waals surface area (Å²) in [6.07, 6.45) is -0.224. The molecule has 0 atom stereocenters. The lowest BCUT2D eigenvalue weighted by atomic mass is 9.88. The van der Waals surface area contributed by atoms with Crippen molar-refractivity contribution in [3.8, 4) is 0 Å². The summed E-state index contributed by atoms with van der Waals surface area (Å²) in [6.45, 7) is 4.91. The van der Waals surface area contributed by atoms with E-state index in [2.05, 4.69) is 5.32 Å². The highest BCUT2D eigenvalue weighted by Crippen LogP contribution is 2.23. The lowest BCUT2D eigenvalue weighted by Gasteiger charge is -2.20. The number of rotatable bonds is 4. The number of anilines is 1. The molecule has 0 unspecified atom stereocenters. The van der Waals surface area contributed by atoms with Crippen molar-refractivity contribution in [2.24, 2.45) is 5.41 Å². The molecule has 1 rings (SSSR count). The van der Waals surface area contributed by atoms with Gasteiger partial charge in [-0.05, 0) is 13.0 Å². The molecule has 0 aliphatic rings. The molecule has 1 aromatic heterocycles. The molecule has 0 saturated heterocycles. The molecule has 0 fully saturated rings. The third-order valence-electron chi connectivity index (χ3n) is 2.18. The van der Waals surface area contributed by atoms with Crippen LogP contribution in [0, 0.1) is 12.3 Å². The molecule has 0 bridgehead atoms. The van der Waals surface area contributed by atoms with Gasteiger partial charge in [-0.3, -0.25) is 14.9 Å². The van der Waals surface area contributed by atoms with E-state index >= 15 is 0 Å². The zero-order valence-corrected chi connectivity index (χ0v) is 9.53. The number of carbonyl (C=O) groups is 2. The van der Waals surface area contributed by atoms with Crippen LogP contribution in [-0.2, 0) is 9.59 Å². The summed E-state index contributed by atoms with van der Waals surface area (Å²) in [6, 6.07) is 3.35. The predicted octanol–water partition coefficient (Wildman–Crippen LogP) is 2.03. The van der Waals surface area contributed by atoms with E-state index in [4.69, 9.17) is 9.52 Å². The van der Waals surface area contributed by atoms with Gasteiger partial charge in [-0.2, -0.15) is 0 Å². The van der Waals surface area contributed by atoms with Crippen molar-refractivity contribution >= 4 is 17.8 Å². The van der Waals surface area contributed by atoms with Crippen LogP contribution in [0.2, 0.25) is 0 Å². The normalized spacial score (nSPS) is 11.2. The van der Waals surface area contributed by atoms with Gasteiger partial charge in [-0.25, -0.2) is 0 Å². The van der Waals surface area contributed by atoms with Gasteiger partial charge in [0.15, 0.2) is 5.88 Å². The monoisotopic (exact) mass is 225 g/mol. The van der Waals surface area contributed by atoms with Crippen molar-refractivity contribution in [1.82, 2.24) is 0 Å². The summed E-state index contributed by atoms with van der Waals surface area (Å²) >= 11 is 0. The molecule has 0 aliphatic carbocycles. The first kappa shape index (κ1) is 12.3. The van der Waals surface area contributed by atoms with Crippen molar-refractivity contribution in [1.29, 1.82) is 0 Å². The summed E-state index contributed by atoms with van der Waals surface area (Å²) in [4.78, 5) is 22.3. The van der Waals surface area contributed by atoms with E-state index < -0.39 is 11.4 Å². The lowest BCUT2D eigenvalue weighted by molar-refractivity contribution is -0.142. The number of aryl methyl sites for hydroxylation is 1. The minimum Gasteiger partial charge on any atom is -0.481 e. The number of carboxylic acids is 1. The Morgan fingerprint density at radius 3 is 2.50 bits per heavy atom. The molecular formula is C11H15NO4. The third kappa shape index (κ3) is 3.12. The smallest absolute Gasteiger partial charge is 0.304 e. The second kappa shape index (κ2) is 4.38. The fourth-order valence-corrected chi connectivity index (χ4v) is 1.24. The van der Waals surface area contributed by atoms with Crippen molar-refractivity contribution in [2.75, 3.05) is 5.32 Å². The average Bonchev–Trinajstić information content (AvgIpc) is 2.48. The summed E-state index contributed by atoms with van der Waals surface area (Å²) in [5.41, 5.74) is -0.966. The van der Waals surface area contributed by atoms with E-state index in [1.165, 1.54) is 0 Å². The number of carboxylic acid groups (broad SMARTS) is 1. The quantitative estimate of drug-likeness (QED) is 0.821. The van der Waals surface area contributed by atoms with Crippen molar-refractivity contribution in [3.05, 3.63) is 17.9 Å². The predicted molar refractivity (Wildman–Crippen MR) is 58.1 cm³/mol. The van der Waals surface area contributed by atoms with Gasteiger partial charge in [0.05, 0.1) is 11.8 Å².